The SMILES string of the molecule is C[B]/C=C/F. The van der Waals surface area contributed by atoms with Gasteiger partial charge in [0.25, 0.3) is 0 Å². The summed E-state index contributed by atoms with van der Waals surface area (Å²) in [5.41, 5.74) is 0. The lowest BCUT2D eigenvalue weighted by Crippen LogP contribution is -1.63. The summed E-state index contributed by atoms with van der Waals surface area (Å²) in [5.74, 6) is 1.33. The smallest absolute Gasteiger partial charge is 0.141 e. The van der Waals surface area contributed by atoms with Gasteiger partial charge in [-0.25, -0.2) is 4.39 Å². The van der Waals surface area contributed by atoms with Crippen molar-refractivity contribution in [2.24, 2.45) is 0 Å². The van der Waals surface area contributed by atoms with Crippen molar-refractivity contribution < 1.29 is 4.39 Å². The zero-order valence-electron chi connectivity index (χ0n) is 3.11. The first-order valence-corrected chi connectivity index (χ1v) is 1.46. The van der Waals surface area contributed by atoms with Gasteiger partial charge in [-0.05, 0) is 0 Å². The molecular weight excluding hydrogens is 65.8 g/mol. The third-order valence-electron chi connectivity index (χ3n) is 0.265. The molecule has 0 amide bonds. The van der Waals surface area contributed by atoms with E-state index < -0.39 is 0 Å². The van der Waals surface area contributed by atoms with E-state index in [2.05, 4.69) is 0 Å². The van der Waals surface area contributed by atoms with Gasteiger partial charge in [-0.3, -0.25) is 0 Å². The molecule has 0 aromatic heterocycles. The molecule has 0 aromatic carbocycles. The average Bonchev–Trinajstić information content (AvgIpc) is 1.41. The maximum atomic E-state index is 10.8. The second kappa shape index (κ2) is 3.73. The van der Waals surface area contributed by atoms with Crippen molar-refractivity contribution in [1.82, 2.24) is 0 Å². The fourth-order valence-corrected chi connectivity index (χ4v) is 0.0727. The van der Waals surface area contributed by atoms with Crippen LogP contribution in [0.5, 0.6) is 0 Å². The summed E-state index contributed by atoms with van der Waals surface area (Å²) < 4.78 is 10.8. The predicted molar refractivity (Wildman–Crippen MR) is 21.9 cm³/mol. The van der Waals surface area contributed by atoms with Crippen LogP contribution < -0.4 is 0 Å². The van der Waals surface area contributed by atoms with Crippen LogP contribution in [0.2, 0.25) is 6.82 Å². The maximum Gasteiger partial charge on any atom is 0.141 e. The largest absolute Gasteiger partial charge is 0.217 e. The van der Waals surface area contributed by atoms with Crippen molar-refractivity contribution in [3.63, 3.8) is 0 Å². The molecule has 0 N–H and O–H groups in total. The standard InChI is InChI=1S/C3H5BF/c1-4-2-3-5/h2-3H,1H3/b3-2+. The Morgan fingerprint density at radius 1 is 1.80 bits per heavy atom. The first-order valence-electron chi connectivity index (χ1n) is 1.46. The zero-order valence-corrected chi connectivity index (χ0v) is 3.11. The van der Waals surface area contributed by atoms with Gasteiger partial charge >= 0.3 is 0 Å². The Kier molecular flexibility index (Phi) is 3.54. The van der Waals surface area contributed by atoms with Gasteiger partial charge in [-0.15, -0.1) is 0 Å². The maximum absolute atomic E-state index is 10.8. The van der Waals surface area contributed by atoms with Crippen LogP contribution in [-0.4, -0.2) is 7.28 Å². The van der Waals surface area contributed by atoms with E-state index in [0.29, 0.717) is 6.33 Å². The summed E-state index contributed by atoms with van der Waals surface area (Å²) in [7, 11) is 1.62. The lowest BCUT2D eigenvalue weighted by molar-refractivity contribution is 0.723. The van der Waals surface area contributed by atoms with Crippen LogP contribution >= 0.6 is 0 Å². The van der Waals surface area contributed by atoms with Crippen LogP contribution in [0.1, 0.15) is 0 Å². The van der Waals surface area contributed by atoms with Crippen molar-refractivity contribution >= 4 is 7.28 Å². The highest BCUT2D eigenvalue weighted by molar-refractivity contribution is 6.40. The molecule has 1 radical (unpaired) electrons. The van der Waals surface area contributed by atoms with Gasteiger partial charge in [0.1, 0.15) is 7.28 Å². The van der Waals surface area contributed by atoms with Crippen molar-refractivity contribution in [3.05, 3.63) is 12.3 Å². The molecular formula is C3H5BF. The first-order chi connectivity index (χ1) is 2.41. The van der Waals surface area contributed by atoms with Crippen LogP contribution in [0.25, 0.3) is 0 Å². The predicted octanol–water partition coefficient (Wildman–Crippen LogP) is 1.18. The summed E-state index contributed by atoms with van der Waals surface area (Å²) in [6.07, 6.45) is 0.500. The van der Waals surface area contributed by atoms with Gasteiger partial charge in [0.05, 0.1) is 6.33 Å². The topological polar surface area (TPSA) is 0 Å². The third-order valence-corrected chi connectivity index (χ3v) is 0.265. The molecule has 0 saturated carbocycles. The monoisotopic (exact) mass is 71.0 g/mol. The van der Waals surface area contributed by atoms with E-state index in [1.165, 1.54) is 5.98 Å². The second-order valence-corrected chi connectivity index (χ2v) is 0.652. The van der Waals surface area contributed by atoms with Gasteiger partial charge in [0.2, 0.25) is 0 Å². The van der Waals surface area contributed by atoms with E-state index in [4.69, 9.17) is 0 Å². The van der Waals surface area contributed by atoms with E-state index >= 15 is 0 Å². The Labute approximate surface area is 31.9 Å². The minimum atomic E-state index is 0.500. The molecule has 2 heteroatoms. The summed E-state index contributed by atoms with van der Waals surface area (Å²) in [4.78, 5) is 0. The fraction of sp³-hybridized carbons (Fsp3) is 0.333. The van der Waals surface area contributed by atoms with E-state index in [0.717, 1.165) is 0 Å². The molecule has 0 fully saturated rings. The van der Waals surface area contributed by atoms with Crippen LogP contribution in [0.3, 0.4) is 0 Å². The van der Waals surface area contributed by atoms with Crippen LogP contribution in [0, 0.1) is 0 Å². The Morgan fingerprint density at radius 2 is 2.40 bits per heavy atom. The van der Waals surface area contributed by atoms with E-state index in [-0.39, 0.29) is 0 Å². The van der Waals surface area contributed by atoms with Crippen molar-refractivity contribution in [3.8, 4) is 0 Å². The number of hydrogen-bond donors (Lipinski definition) is 0. The van der Waals surface area contributed by atoms with E-state index in [1.54, 1.807) is 14.1 Å². The summed E-state index contributed by atoms with van der Waals surface area (Å²) in [6, 6.07) is 0. The molecule has 0 aliphatic rings. The molecule has 0 saturated heterocycles. The van der Waals surface area contributed by atoms with Crippen molar-refractivity contribution in [2.75, 3.05) is 0 Å². The van der Waals surface area contributed by atoms with Crippen molar-refractivity contribution in [1.29, 1.82) is 0 Å². The lowest BCUT2D eigenvalue weighted by atomic mass is 9.84. The highest BCUT2D eigenvalue weighted by Gasteiger charge is 1.59. The van der Waals surface area contributed by atoms with Crippen LogP contribution in [0.4, 0.5) is 4.39 Å². The minimum Gasteiger partial charge on any atom is -0.217 e. The highest BCUT2D eigenvalue weighted by atomic mass is 19.1. The quantitative estimate of drug-likeness (QED) is 0.407. The Bertz CT molecular complexity index is 33.9. The Balaban J connectivity index is 2.62. The van der Waals surface area contributed by atoms with Crippen LogP contribution in [0.15, 0.2) is 12.3 Å². The first kappa shape index (κ1) is 4.73. The molecule has 0 nitrogen and oxygen atoms in total. The molecule has 27 valence electrons. The molecule has 0 atom stereocenters. The number of rotatable bonds is 1. The third kappa shape index (κ3) is 3.73. The van der Waals surface area contributed by atoms with Gasteiger partial charge in [-0.2, -0.15) is 0 Å². The molecule has 0 aromatic rings. The molecule has 0 bridgehead atoms. The van der Waals surface area contributed by atoms with Crippen molar-refractivity contribution in [2.45, 2.75) is 6.82 Å². The second-order valence-electron chi connectivity index (χ2n) is 0.652. The highest BCUT2D eigenvalue weighted by Crippen LogP contribution is 1.65. The number of hydrogen-bond acceptors (Lipinski definition) is 0. The van der Waals surface area contributed by atoms with Gasteiger partial charge < -0.3 is 0 Å². The zero-order chi connectivity index (χ0) is 4.12. The lowest BCUT2D eigenvalue weighted by Gasteiger charge is -1.58. The average molecular weight is 70.9 g/mol. The minimum absolute atomic E-state index is 0.500. The summed E-state index contributed by atoms with van der Waals surface area (Å²) in [6.45, 7) is 1.76. The molecule has 0 heterocycles. The van der Waals surface area contributed by atoms with E-state index in [1.807, 2.05) is 0 Å². The van der Waals surface area contributed by atoms with Gasteiger partial charge in [-0.1, -0.05) is 12.8 Å². The summed E-state index contributed by atoms with van der Waals surface area (Å²) >= 11 is 0. The van der Waals surface area contributed by atoms with E-state index in [9.17, 15) is 4.39 Å². The normalized spacial score (nSPS) is 9.20. The molecule has 0 rings (SSSR count). The van der Waals surface area contributed by atoms with Gasteiger partial charge in [0.15, 0.2) is 0 Å². The Hall–Kier alpha value is -0.265. The van der Waals surface area contributed by atoms with Gasteiger partial charge in [0, 0.05) is 0 Å². The molecule has 0 aliphatic carbocycles. The molecule has 5 heavy (non-hydrogen) atoms. The molecule has 0 spiro atoms. The Morgan fingerprint density at radius 3 is 2.40 bits per heavy atom. The molecule has 0 aliphatic heterocycles. The summed E-state index contributed by atoms with van der Waals surface area (Å²) in [5, 5.41) is 0. The van der Waals surface area contributed by atoms with Crippen LogP contribution in [-0.2, 0) is 0 Å². The molecule has 0 unspecified atom stereocenters. The fourth-order valence-electron chi connectivity index (χ4n) is 0.0727. The number of halogens is 1.